The lowest BCUT2D eigenvalue weighted by Crippen LogP contribution is -2.42. The standard InChI is InChI=1S/C23H29NO4/c1-16(10-19-6-5-9-27-19)13-24-14-17-11-20(25)23(12-18(17)15-24)28-22-8-4-3-7-21(22)26-2/h3-10,17-18,20,23,25H,11-15H2,1-2H3/b16-10+/t17-,18+,20+,23+/m0/s1. The van der Waals surface area contributed by atoms with Gasteiger partial charge >= 0.3 is 0 Å². The van der Waals surface area contributed by atoms with Crippen LogP contribution < -0.4 is 9.47 Å². The molecule has 1 N–H and O–H groups in total. The van der Waals surface area contributed by atoms with E-state index in [0.29, 0.717) is 23.3 Å². The first-order valence-electron chi connectivity index (χ1n) is 10.0. The molecular formula is C23H29NO4. The van der Waals surface area contributed by atoms with Crippen LogP contribution in [0.2, 0.25) is 0 Å². The third kappa shape index (κ3) is 4.26. The molecule has 0 amide bonds. The molecule has 1 aliphatic carbocycles. The van der Waals surface area contributed by atoms with Gasteiger partial charge in [0.1, 0.15) is 11.9 Å². The largest absolute Gasteiger partial charge is 0.493 e. The fourth-order valence-electron chi connectivity index (χ4n) is 4.64. The van der Waals surface area contributed by atoms with E-state index in [0.717, 1.165) is 38.2 Å². The van der Waals surface area contributed by atoms with Gasteiger partial charge in [-0.25, -0.2) is 0 Å². The number of benzene rings is 1. The zero-order valence-corrected chi connectivity index (χ0v) is 16.6. The van der Waals surface area contributed by atoms with Crippen LogP contribution in [0.4, 0.5) is 0 Å². The van der Waals surface area contributed by atoms with E-state index in [4.69, 9.17) is 13.9 Å². The number of likely N-dealkylation sites (tertiary alicyclic amines) is 1. The monoisotopic (exact) mass is 383 g/mol. The lowest BCUT2D eigenvalue weighted by molar-refractivity contribution is -0.0240. The smallest absolute Gasteiger partial charge is 0.161 e. The van der Waals surface area contributed by atoms with Gasteiger partial charge in [0.15, 0.2) is 11.5 Å². The highest BCUT2D eigenvalue weighted by Gasteiger charge is 2.42. The Hall–Kier alpha value is -2.24. The fourth-order valence-corrected chi connectivity index (χ4v) is 4.64. The molecule has 4 atom stereocenters. The topological polar surface area (TPSA) is 55.1 Å². The van der Waals surface area contributed by atoms with Gasteiger partial charge in [-0.2, -0.15) is 0 Å². The van der Waals surface area contributed by atoms with Gasteiger partial charge in [-0.05, 0) is 61.9 Å². The van der Waals surface area contributed by atoms with Crippen molar-refractivity contribution in [1.29, 1.82) is 0 Å². The number of hydrogen-bond acceptors (Lipinski definition) is 5. The van der Waals surface area contributed by atoms with Crippen LogP contribution in [0.3, 0.4) is 0 Å². The Morgan fingerprint density at radius 2 is 1.89 bits per heavy atom. The van der Waals surface area contributed by atoms with Crippen LogP contribution in [0.25, 0.3) is 6.08 Å². The number of rotatable bonds is 6. The summed E-state index contributed by atoms with van der Waals surface area (Å²) in [6.07, 6.45) is 4.85. The van der Waals surface area contributed by atoms with Gasteiger partial charge in [-0.15, -0.1) is 0 Å². The molecule has 1 saturated carbocycles. The normalized spacial score (nSPS) is 28.2. The quantitative estimate of drug-likeness (QED) is 0.821. The minimum absolute atomic E-state index is 0.183. The van der Waals surface area contributed by atoms with E-state index < -0.39 is 6.10 Å². The maximum Gasteiger partial charge on any atom is 0.161 e. The van der Waals surface area contributed by atoms with Crippen molar-refractivity contribution in [3.05, 3.63) is 54.0 Å². The molecule has 1 aliphatic heterocycles. The highest BCUT2D eigenvalue weighted by molar-refractivity contribution is 5.46. The molecule has 0 unspecified atom stereocenters. The molecule has 5 nitrogen and oxygen atoms in total. The lowest BCUT2D eigenvalue weighted by Gasteiger charge is -2.35. The van der Waals surface area contributed by atoms with Gasteiger partial charge in [0, 0.05) is 19.6 Å². The Morgan fingerprint density at radius 1 is 1.14 bits per heavy atom. The number of methoxy groups -OCH3 is 1. The van der Waals surface area contributed by atoms with Gasteiger partial charge in [-0.3, -0.25) is 4.90 Å². The van der Waals surface area contributed by atoms with E-state index in [1.165, 1.54) is 5.57 Å². The highest BCUT2D eigenvalue weighted by Crippen LogP contribution is 2.39. The predicted molar refractivity (Wildman–Crippen MR) is 108 cm³/mol. The van der Waals surface area contributed by atoms with Crippen molar-refractivity contribution in [3.8, 4) is 11.5 Å². The molecule has 1 saturated heterocycles. The number of aliphatic hydroxyl groups excluding tert-OH is 1. The van der Waals surface area contributed by atoms with Crippen molar-refractivity contribution in [2.75, 3.05) is 26.7 Å². The summed E-state index contributed by atoms with van der Waals surface area (Å²) in [6.45, 7) is 5.16. The summed E-state index contributed by atoms with van der Waals surface area (Å²) < 4.78 is 17.0. The van der Waals surface area contributed by atoms with Gasteiger partial charge in [0.05, 0.1) is 19.5 Å². The van der Waals surface area contributed by atoms with E-state index in [9.17, 15) is 5.11 Å². The molecule has 2 heterocycles. The number of ether oxygens (including phenoxy) is 2. The van der Waals surface area contributed by atoms with Crippen LogP contribution in [0.1, 0.15) is 25.5 Å². The second kappa shape index (κ2) is 8.41. The second-order valence-electron chi connectivity index (χ2n) is 8.07. The maximum atomic E-state index is 10.7. The van der Waals surface area contributed by atoms with Crippen molar-refractivity contribution in [2.45, 2.75) is 32.0 Å². The van der Waals surface area contributed by atoms with Gasteiger partial charge in [-0.1, -0.05) is 17.7 Å². The summed E-state index contributed by atoms with van der Waals surface area (Å²) in [5.74, 6) is 3.40. The molecule has 0 bridgehead atoms. The SMILES string of the molecule is COc1ccccc1O[C@@H]1C[C@@H]2CN(C/C(C)=C/c3ccco3)C[C@@H]2C[C@H]1O. The van der Waals surface area contributed by atoms with E-state index in [1.807, 2.05) is 36.4 Å². The van der Waals surface area contributed by atoms with Crippen molar-refractivity contribution >= 4 is 6.08 Å². The van der Waals surface area contributed by atoms with Crippen molar-refractivity contribution in [3.63, 3.8) is 0 Å². The average molecular weight is 383 g/mol. The van der Waals surface area contributed by atoms with Crippen molar-refractivity contribution in [1.82, 2.24) is 4.90 Å². The summed E-state index contributed by atoms with van der Waals surface area (Å²) in [7, 11) is 1.64. The number of furan rings is 1. The Morgan fingerprint density at radius 3 is 2.61 bits per heavy atom. The molecule has 4 rings (SSSR count). The van der Waals surface area contributed by atoms with Crippen LogP contribution in [-0.4, -0.2) is 49.0 Å². The summed E-state index contributed by atoms with van der Waals surface area (Å²) in [6, 6.07) is 11.5. The minimum atomic E-state index is -0.439. The molecule has 2 aromatic rings. The summed E-state index contributed by atoms with van der Waals surface area (Å²) in [5, 5.41) is 10.7. The van der Waals surface area contributed by atoms with E-state index in [-0.39, 0.29) is 6.10 Å². The van der Waals surface area contributed by atoms with Crippen LogP contribution in [0.5, 0.6) is 11.5 Å². The summed E-state index contributed by atoms with van der Waals surface area (Å²) in [4.78, 5) is 2.49. The maximum absolute atomic E-state index is 10.7. The summed E-state index contributed by atoms with van der Waals surface area (Å²) >= 11 is 0. The van der Waals surface area contributed by atoms with E-state index in [1.54, 1.807) is 13.4 Å². The first-order valence-corrected chi connectivity index (χ1v) is 10.0. The number of nitrogens with zero attached hydrogens (tertiary/aromatic N) is 1. The molecule has 150 valence electrons. The molecular weight excluding hydrogens is 354 g/mol. The first-order chi connectivity index (χ1) is 13.6. The molecule has 2 fully saturated rings. The van der Waals surface area contributed by atoms with Crippen LogP contribution in [0.15, 0.2) is 52.7 Å². The van der Waals surface area contributed by atoms with Crippen molar-refractivity contribution < 1.29 is 19.0 Å². The highest BCUT2D eigenvalue weighted by atomic mass is 16.5. The van der Waals surface area contributed by atoms with Crippen LogP contribution in [0, 0.1) is 11.8 Å². The molecule has 5 heteroatoms. The van der Waals surface area contributed by atoms with Gasteiger partial charge < -0.3 is 19.0 Å². The Balaban J connectivity index is 1.37. The third-order valence-electron chi connectivity index (χ3n) is 5.91. The average Bonchev–Trinajstić information content (AvgIpc) is 3.31. The molecule has 2 aliphatic rings. The minimum Gasteiger partial charge on any atom is -0.493 e. The molecule has 28 heavy (non-hydrogen) atoms. The molecule has 1 aromatic heterocycles. The van der Waals surface area contributed by atoms with Crippen LogP contribution >= 0.6 is 0 Å². The number of hydrogen-bond donors (Lipinski definition) is 1. The predicted octanol–water partition coefficient (Wildman–Crippen LogP) is 3.84. The van der Waals surface area contributed by atoms with E-state index >= 15 is 0 Å². The lowest BCUT2D eigenvalue weighted by atomic mass is 9.78. The molecule has 1 aromatic carbocycles. The zero-order valence-electron chi connectivity index (χ0n) is 16.6. The Kier molecular flexibility index (Phi) is 5.74. The van der Waals surface area contributed by atoms with Crippen LogP contribution in [-0.2, 0) is 0 Å². The number of fused-ring (bicyclic) bond motifs is 1. The number of aliphatic hydroxyl groups is 1. The van der Waals surface area contributed by atoms with E-state index in [2.05, 4.69) is 17.9 Å². The Bertz CT molecular complexity index is 801. The second-order valence-corrected chi connectivity index (χ2v) is 8.07. The van der Waals surface area contributed by atoms with Gasteiger partial charge in [0.2, 0.25) is 0 Å². The van der Waals surface area contributed by atoms with Crippen molar-refractivity contribution in [2.24, 2.45) is 11.8 Å². The summed E-state index contributed by atoms with van der Waals surface area (Å²) in [5.41, 5.74) is 1.29. The fraction of sp³-hybridized carbons (Fsp3) is 0.478. The van der Waals surface area contributed by atoms with Gasteiger partial charge in [0.25, 0.3) is 0 Å². The molecule has 0 radical (unpaired) electrons. The zero-order chi connectivity index (χ0) is 19.5. The molecule has 0 spiro atoms. The first kappa shape index (κ1) is 19.1. The third-order valence-corrected chi connectivity index (χ3v) is 5.91. The Labute approximate surface area is 166 Å². The number of para-hydroxylation sites is 2.